The van der Waals surface area contributed by atoms with Crippen LogP contribution in [0.1, 0.15) is 24.8 Å². The molecule has 0 atom stereocenters. The molecular weight excluding hydrogens is 494 g/mol. The summed E-state index contributed by atoms with van der Waals surface area (Å²) < 4.78 is 18.1. The van der Waals surface area contributed by atoms with Crippen LogP contribution >= 0.6 is 15.9 Å². The van der Waals surface area contributed by atoms with Crippen LogP contribution in [0, 0.1) is 0 Å². The molecule has 4 aromatic rings. The number of nitrogens with zero attached hydrogens (tertiary/aromatic N) is 3. The van der Waals surface area contributed by atoms with E-state index in [1.54, 1.807) is 7.11 Å². The summed E-state index contributed by atoms with van der Waals surface area (Å²) >= 11 is 3.45. The van der Waals surface area contributed by atoms with Crippen LogP contribution < -0.4 is 14.4 Å². The lowest BCUT2D eigenvalue weighted by atomic mass is 10.1. The second-order valence-corrected chi connectivity index (χ2v) is 9.21. The van der Waals surface area contributed by atoms with E-state index in [0.29, 0.717) is 29.8 Å². The lowest BCUT2D eigenvalue weighted by molar-refractivity contribution is 0.284. The van der Waals surface area contributed by atoms with E-state index in [1.807, 2.05) is 42.5 Å². The Morgan fingerprint density at radius 1 is 0.882 bits per heavy atom. The zero-order valence-corrected chi connectivity index (χ0v) is 20.6. The quantitative estimate of drug-likeness (QED) is 0.269. The van der Waals surface area contributed by atoms with Gasteiger partial charge in [0.05, 0.1) is 7.11 Å². The fourth-order valence-corrected chi connectivity index (χ4v) is 4.36. The molecule has 7 heteroatoms. The van der Waals surface area contributed by atoms with Crippen molar-refractivity contribution in [1.29, 1.82) is 0 Å². The SMILES string of the molecule is COc1cc(-c2nc(-c3ccc(N4CCCCC4)cc3)no2)ccc1OCc1ccc(Br)cc1. The summed E-state index contributed by atoms with van der Waals surface area (Å²) in [5.74, 6) is 2.27. The van der Waals surface area contributed by atoms with Gasteiger partial charge in [-0.05, 0) is 79.4 Å². The van der Waals surface area contributed by atoms with E-state index in [2.05, 4.69) is 55.2 Å². The van der Waals surface area contributed by atoms with Crippen molar-refractivity contribution in [3.63, 3.8) is 0 Å². The van der Waals surface area contributed by atoms with Crippen LogP contribution in [0.25, 0.3) is 22.8 Å². The molecular formula is C27H26BrN3O3. The lowest BCUT2D eigenvalue weighted by Crippen LogP contribution is -2.29. The van der Waals surface area contributed by atoms with Crippen molar-refractivity contribution >= 4 is 21.6 Å². The first kappa shape index (κ1) is 22.5. The molecule has 1 aliphatic heterocycles. The van der Waals surface area contributed by atoms with Gasteiger partial charge in [-0.3, -0.25) is 0 Å². The maximum atomic E-state index is 5.97. The fraction of sp³-hybridized carbons (Fsp3) is 0.259. The maximum absolute atomic E-state index is 5.97. The molecule has 1 aromatic heterocycles. The number of hydrogen-bond donors (Lipinski definition) is 0. The number of ether oxygens (including phenoxy) is 2. The summed E-state index contributed by atoms with van der Waals surface area (Å²) in [4.78, 5) is 7.04. The average molecular weight is 520 g/mol. The molecule has 0 N–H and O–H groups in total. The summed E-state index contributed by atoms with van der Waals surface area (Å²) in [7, 11) is 1.62. The highest BCUT2D eigenvalue weighted by Gasteiger charge is 2.15. The molecule has 0 aliphatic carbocycles. The zero-order chi connectivity index (χ0) is 23.3. The molecule has 34 heavy (non-hydrogen) atoms. The molecule has 6 nitrogen and oxygen atoms in total. The van der Waals surface area contributed by atoms with Crippen LogP contribution in [0.2, 0.25) is 0 Å². The van der Waals surface area contributed by atoms with Crippen molar-refractivity contribution in [2.45, 2.75) is 25.9 Å². The summed E-state index contributed by atoms with van der Waals surface area (Å²) in [6.45, 7) is 2.69. The third kappa shape index (κ3) is 5.09. The van der Waals surface area contributed by atoms with E-state index in [0.717, 1.165) is 34.3 Å². The lowest BCUT2D eigenvalue weighted by Gasteiger charge is -2.28. The molecule has 0 amide bonds. The number of rotatable bonds is 7. The molecule has 0 spiro atoms. The molecule has 1 aliphatic rings. The average Bonchev–Trinajstić information content (AvgIpc) is 3.39. The number of halogens is 1. The highest BCUT2D eigenvalue weighted by atomic mass is 79.9. The van der Waals surface area contributed by atoms with E-state index < -0.39 is 0 Å². The smallest absolute Gasteiger partial charge is 0.258 e. The van der Waals surface area contributed by atoms with Gasteiger partial charge in [0.25, 0.3) is 5.89 Å². The van der Waals surface area contributed by atoms with Crippen molar-refractivity contribution in [2.24, 2.45) is 0 Å². The van der Waals surface area contributed by atoms with E-state index in [9.17, 15) is 0 Å². The highest BCUT2D eigenvalue weighted by Crippen LogP contribution is 2.33. The fourth-order valence-electron chi connectivity index (χ4n) is 4.09. The first-order valence-electron chi connectivity index (χ1n) is 11.4. The number of piperidine rings is 1. The molecule has 5 rings (SSSR count). The first-order valence-corrected chi connectivity index (χ1v) is 12.2. The standard InChI is InChI=1S/C27H26BrN3O3/c1-32-25-17-21(9-14-24(25)33-18-19-5-10-22(28)11-6-19)27-29-26(30-34-27)20-7-12-23(13-8-20)31-15-3-2-4-16-31/h5-14,17H,2-4,15-16,18H2,1H3. The Bertz CT molecular complexity index is 1230. The number of aromatic nitrogens is 2. The third-order valence-corrected chi connectivity index (χ3v) is 6.52. The van der Waals surface area contributed by atoms with Gasteiger partial charge in [-0.1, -0.05) is 33.2 Å². The van der Waals surface area contributed by atoms with Gasteiger partial charge in [0, 0.05) is 34.4 Å². The van der Waals surface area contributed by atoms with Gasteiger partial charge in [0.2, 0.25) is 5.82 Å². The summed E-state index contributed by atoms with van der Waals surface area (Å²) in [6, 6.07) is 22.0. The van der Waals surface area contributed by atoms with Crippen LogP contribution in [0.3, 0.4) is 0 Å². The summed E-state index contributed by atoms with van der Waals surface area (Å²) in [5, 5.41) is 4.19. The van der Waals surface area contributed by atoms with E-state index >= 15 is 0 Å². The van der Waals surface area contributed by atoms with Crippen molar-refractivity contribution in [3.8, 4) is 34.3 Å². The number of benzene rings is 3. The molecule has 3 aromatic carbocycles. The predicted octanol–water partition coefficient (Wildman–Crippen LogP) is 6.74. The van der Waals surface area contributed by atoms with Crippen LogP contribution in [0.4, 0.5) is 5.69 Å². The zero-order valence-electron chi connectivity index (χ0n) is 19.0. The number of anilines is 1. The second-order valence-electron chi connectivity index (χ2n) is 8.30. The minimum atomic E-state index is 0.438. The van der Waals surface area contributed by atoms with Gasteiger partial charge in [-0.25, -0.2) is 0 Å². The molecule has 1 saturated heterocycles. The van der Waals surface area contributed by atoms with E-state index in [1.165, 1.54) is 24.9 Å². The summed E-state index contributed by atoms with van der Waals surface area (Å²) in [5.41, 5.74) is 4.02. The second kappa shape index (κ2) is 10.3. The topological polar surface area (TPSA) is 60.6 Å². The highest BCUT2D eigenvalue weighted by molar-refractivity contribution is 9.10. The predicted molar refractivity (Wildman–Crippen MR) is 136 cm³/mol. The number of hydrogen-bond acceptors (Lipinski definition) is 6. The van der Waals surface area contributed by atoms with Gasteiger partial charge >= 0.3 is 0 Å². The van der Waals surface area contributed by atoms with Crippen molar-refractivity contribution in [3.05, 3.63) is 76.8 Å². The monoisotopic (exact) mass is 519 g/mol. The normalized spacial score (nSPS) is 13.6. The van der Waals surface area contributed by atoms with E-state index in [-0.39, 0.29) is 0 Å². The molecule has 0 unspecified atom stereocenters. The Morgan fingerprint density at radius 3 is 2.35 bits per heavy atom. The Hall–Kier alpha value is -3.32. The molecule has 0 radical (unpaired) electrons. The van der Waals surface area contributed by atoms with Crippen LogP contribution in [0.5, 0.6) is 11.5 Å². The van der Waals surface area contributed by atoms with Gasteiger partial charge in [-0.2, -0.15) is 4.98 Å². The molecule has 0 bridgehead atoms. The van der Waals surface area contributed by atoms with Crippen molar-refractivity contribution < 1.29 is 14.0 Å². The van der Waals surface area contributed by atoms with Gasteiger partial charge < -0.3 is 18.9 Å². The van der Waals surface area contributed by atoms with Crippen molar-refractivity contribution in [1.82, 2.24) is 10.1 Å². The van der Waals surface area contributed by atoms with Gasteiger partial charge in [-0.15, -0.1) is 0 Å². The van der Waals surface area contributed by atoms with E-state index in [4.69, 9.17) is 14.0 Å². The molecule has 2 heterocycles. The first-order chi connectivity index (χ1) is 16.7. The Kier molecular flexibility index (Phi) is 6.81. The molecule has 0 saturated carbocycles. The maximum Gasteiger partial charge on any atom is 0.258 e. The van der Waals surface area contributed by atoms with Gasteiger partial charge in [0.1, 0.15) is 6.61 Å². The summed E-state index contributed by atoms with van der Waals surface area (Å²) in [6.07, 6.45) is 3.84. The van der Waals surface area contributed by atoms with Crippen LogP contribution in [-0.4, -0.2) is 30.3 Å². The molecule has 1 fully saturated rings. The Labute approximate surface area is 207 Å². The van der Waals surface area contributed by atoms with Gasteiger partial charge in [0.15, 0.2) is 11.5 Å². The van der Waals surface area contributed by atoms with Crippen LogP contribution in [0.15, 0.2) is 75.7 Å². The van der Waals surface area contributed by atoms with Crippen molar-refractivity contribution in [2.75, 3.05) is 25.1 Å². The minimum Gasteiger partial charge on any atom is -0.493 e. The van der Waals surface area contributed by atoms with Crippen LogP contribution in [-0.2, 0) is 6.61 Å². The Morgan fingerprint density at radius 2 is 1.62 bits per heavy atom. The Balaban J connectivity index is 1.29. The third-order valence-electron chi connectivity index (χ3n) is 5.99. The minimum absolute atomic E-state index is 0.438. The number of methoxy groups -OCH3 is 1. The largest absolute Gasteiger partial charge is 0.493 e. The molecule has 174 valence electrons.